The predicted molar refractivity (Wildman–Crippen MR) is 62.9 cm³/mol. The molecule has 1 aromatic rings. The summed E-state index contributed by atoms with van der Waals surface area (Å²) in [6.07, 6.45) is 5.36. The fourth-order valence-corrected chi connectivity index (χ4v) is 2.39. The maximum Gasteiger partial charge on any atom is 0.129 e. The van der Waals surface area contributed by atoms with Crippen molar-refractivity contribution in [3.8, 4) is 0 Å². The van der Waals surface area contributed by atoms with Crippen molar-refractivity contribution in [3.05, 3.63) is 23.7 Å². The monoisotopic (exact) mass is 223 g/mol. The van der Waals surface area contributed by atoms with Gasteiger partial charge in [0.1, 0.15) is 18.1 Å². The van der Waals surface area contributed by atoms with E-state index in [-0.39, 0.29) is 6.61 Å². The third kappa shape index (κ3) is 2.47. The first kappa shape index (κ1) is 11.7. The molecule has 1 aromatic heterocycles. The van der Waals surface area contributed by atoms with Crippen LogP contribution in [0.5, 0.6) is 0 Å². The Bertz CT molecular complexity index is 323. The van der Waals surface area contributed by atoms with Crippen molar-refractivity contribution < 1.29 is 9.52 Å². The minimum atomic E-state index is -0.0150. The lowest BCUT2D eigenvalue weighted by Crippen LogP contribution is -2.39. The van der Waals surface area contributed by atoms with E-state index in [0.29, 0.717) is 11.2 Å². The molecule has 0 bridgehead atoms. The molecule has 0 aromatic carbocycles. The van der Waals surface area contributed by atoms with Gasteiger partial charge in [0.2, 0.25) is 0 Å². The highest BCUT2D eigenvalue weighted by molar-refractivity contribution is 5.06. The van der Waals surface area contributed by atoms with Crippen LogP contribution in [-0.2, 0) is 13.2 Å². The molecular formula is C13H21NO2. The molecule has 1 aliphatic rings. The maximum atomic E-state index is 8.88. The third-order valence-electron chi connectivity index (χ3n) is 3.84. The summed E-state index contributed by atoms with van der Waals surface area (Å²) >= 11 is 0. The lowest BCUT2D eigenvalue weighted by molar-refractivity contribution is 0.122. The highest BCUT2D eigenvalue weighted by Crippen LogP contribution is 2.43. The quantitative estimate of drug-likeness (QED) is 0.778. The summed E-state index contributed by atoms with van der Waals surface area (Å²) in [5.41, 5.74) is 0.548. The molecule has 1 heterocycles. The van der Waals surface area contributed by atoms with Crippen molar-refractivity contribution in [3.63, 3.8) is 0 Å². The number of rotatable bonds is 6. The molecule has 0 unspecified atom stereocenters. The lowest BCUT2D eigenvalue weighted by Gasteiger charge is -2.41. The van der Waals surface area contributed by atoms with Crippen LogP contribution in [-0.4, -0.2) is 11.7 Å². The predicted octanol–water partition coefficient (Wildman–Crippen LogP) is 2.44. The van der Waals surface area contributed by atoms with Gasteiger partial charge in [0.15, 0.2) is 0 Å². The minimum absolute atomic E-state index is 0.0150. The summed E-state index contributed by atoms with van der Waals surface area (Å²) in [4.78, 5) is 0. The van der Waals surface area contributed by atoms with Crippen molar-refractivity contribution >= 4 is 0 Å². The second kappa shape index (κ2) is 5.02. The molecule has 0 spiro atoms. The van der Waals surface area contributed by atoms with Crippen LogP contribution in [0, 0.1) is 5.41 Å². The minimum Gasteiger partial charge on any atom is -0.462 e. The zero-order chi connectivity index (χ0) is 11.4. The van der Waals surface area contributed by atoms with Crippen molar-refractivity contribution in [2.24, 2.45) is 5.41 Å². The summed E-state index contributed by atoms with van der Waals surface area (Å²) < 4.78 is 5.42. The van der Waals surface area contributed by atoms with E-state index in [2.05, 4.69) is 12.2 Å². The summed E-state index contributed by atoms with van der Waals surface area (Å²) in [6.45, 7) is 4.11. The highest BCUT2D eigenvalue weighted by Gasteiger charge is 2.34. The molecule has 3 nitrogen and oxygen atoms in total. The zero-order valence-electron chi connectivity index (χ0n) is 9.96. The van der Waals surface area contributed by atoms with E-state index in [9.17, 15) is 0 Å². The number of hydrogen-bond acceptors (Lipinski definition) is 3. The number of aliphatic hydroxyl groups is 1. The molecule has 0 saturated heterocycles. The SMILES string of the molecule is CCC1(CNCc2ccc(CO)o2)CCC1. The maximum absolute atomic E-state index is 8.88. The van der Waals surface area contributed by atoms with Gasteiger partial charge < -0.3 is 14.8 Å². The van der Waals surface area contributed by atoms with E-state index >= 15 is 0 Å². The van der Waals surface area contributed by atoms with E-state index in [1.165, 1.54) is 25.7 Å². The Morgan fingerprint density at radius 1 is 1.38 bits per heavy atom. The molecule has 1 aliphatic carbocycles. The van der Waals surface area contributed by atoms with Gasteiger partial charge in [-0.05, 0) is 36.8 Å². The first-order valence-electron chi connectivity index (χ1n) is 6.17. The van der Waals surface area contributed by atoms with Crippen molar-refractivity contribution in [2.45, 2.75) is 45.8 Å². The molecular weight excluding hydrogens is 202 g/mol. The zero-order valence-corrected chi connectivity index (χ0v) is 9.96. The van der Waals surface area contributed by atoms with Crippen LogP contribution in [0.1, 0.15) is 44.1 Å². The van der Waals surface area contributed by atoms with Crippen LogP contribution in [0.2, 0.25) is 0 Å². The van der Waals surface area contributed by atoms with Crippen molar-refractivity contribution in [2.75, 3.05) is 6.54 Å². The number of furan rings is 1. The third-order valence-corrected chi connectivity index (χ3v) is 3.84. The molecule has 0 radical (unpaired) electrons. The fraction of sp³-hybridized carbons (Fsp3) is 0.692. The normalized spacial score (nSPS) is 18.4. The van der Waals surface area contributed by atoms with Crippen LogP contribution < -0.4 is 5.32 Å². The van der Waals surface area contributed by atoms with Gasteiger partial charge >= 0.3 is 0 Å². The Balaban J connectivity index is 1.75. The van der Waals surface area contributed by atoms with Gasteiger partial charge in [-0.1, -0.05) is 13.3 Å². The van der Waals surface area contributed by atoms with E-state index in [0.717, 1.165) is 18.8 Å². The Morgan fingerprint density at radius 2 is 2.12 bits per heavy atom. The van der Waals surface area contributed by atoms with Crippen molar-refractivity contribution in [1.29, 1.82) is 0 Å². The Morgan fingerprint density at radius 3 is 2.62 bits per heavy atom. The highest BCUT2D eigenvalue weighted by atomic mass is 16.4. The first-order valence-corrected chi connectivity index (χ1v) is 6.17. The van der Waals surface area contributed by atoms with Gasteiger partial charge in [-0.15, -0.1) is 0 Å². The summed E-state index contributed by atoms with van der Waals surface area (Å²) in [7, 11) is 0. The second-order valence-electron chi connectivity index (χ2n) is 4.84. The van der Waals surface area contributed by atoms with Gasteiger partial charge in [0, 0.05) is 6.54 Å². The topological polar surface area (TPSA) is 45.4 Å². The van der Waals surface area contributed by atoms with Crippen LogP contribution in [0.4, 0.5) is 0 Å². The molecule has 2 rings (SSSR count). The molecule has 90 valence electrons. The number of nitrogens with one attached hydrogen (secondary N) is 1. The van der Waals surface area contributed by atoms with E-state index in [4.69, 9.17) is 9.52 Å². The standard InChI is InChI=1S/C13H21NO2/c1-2-13(6-3-7-13)10-14-8-11-4-5-12(9-15)16-11/h4-5,14-15H,2-3,6-10H2,1H3. The molecule has 0 atom stereocenters. The van der Waals surface area contributed by atoms with Crippen LogP contribution in [0.15, 0.2) is 16.5 Å². The van der Waals surface area contributed by atoms with Crippen LogP contribution in [0.3, 0.4) is 0 Å². The molecule has 0 amide bonds. The summed E-state index contributed by atoms with van der Waals surface area (Å²) in [6, 6.07) is 3.76. The lowest BCUT2D eigenvalue weighted by atomic mass is 9.67. The molecule has 3 heteroatoms. The Labute approximate surface area is 96.8 Å². The average molecular weight is 223 g/mol. The largest absolute Gasteiger partial charge is 0.462 e. The second-order valence-corrected chi connectivity index (χ2v) is 4.84. The fourth-order valence-electron chi connectivity index (χ4n) is 2.39. The number of hydrogen-bond donors (Lipinski definition) is 2. The molecule has 0 aliphatic heterocycles. The van der Waals surface area contributed by atoms with Gasteiger partial charge in [-0.2, -0.15) is 0 Å². The molecule has 1 saturated carbocycles. The first-order chi connectivity index (χ1) is 7.78. The van der Waals surface area contributed by atoms with Gasteiger partial charge in [0.25, 0.3) is 0 Å². The van der Waals surface area contributed by atoms with Crippen molar-refractivity contribution in [1.82, 2.24) is 5.32 Å². The van der Waals surface area contributed by atoms with Crippen LogP contribution >= 0.6 is 0 Å². The van der Waals surface area contributed by atoms with Gasteiger partial charge in [-0.25, -0.2) is 0 Å². The molecule has 16 heavy (non-hydrogen) atoms. The Kier molecular flexibility index (Phi) is 3.66. The van der Waals surface area contributed by atoms with E-state index in [1.54, 1.807) is 0 Å². The summed E-state index contributed by atoms with van der Waals surface area (Å²) in [5, 5.41) is 12.3. The van der Waals surface area contributed by atoms with E-state index < -0.39 is 0 Å². The molecule has 2 N–H and O–H groups in total. The number of aliphatic hydroxyl groups excluding tert-OH is 1. The average Bonchev–Trinajstić information content (AvgIpc) is 2.70. The van der Waals surface area contributed by atoms with E-state index in [1.807, 2.05) is 12.1 Å². The molecule has 1 fully saturated rings. The van der Waals surface area contributed by atoms with Gasteiger partial charge in [-0.3, -0.25) is 0 Å². The summed E-state index contributed by atoms with van der Waals surface area (Å²) in [5.74, 6) is 1.56. The Hall–Kier alpha value is -0.800. The van der Waals surface area contributed by atoms with Gasteiger partial charge in [0.05, 0.1) is 6.54 Å². The van der Waals surface area contributed by atoms with Crippen LogP contribution in [0.25, 0.3) is 0 Å². The smallest absolute Gasteiger partial charge is 0.129 e.